The van der Waals surface area contributed by atoms with E-state index in [1.807, 2.05) is 19.1 Å². The molecule has 0 amide bonds. The summed E-state index contributed by atoms with van der Waals surface area (Å²) >= 11 is 0. The SMILES string of the molecule is C=c1[nH]c(-c2cn(C3CCOC3)c(/C=C\COC)c2CC)c/c1=C/C=C\C. The van der Waals surface area contributed by atoms with Crippen LogP contribution in [0.5, 0.6) is 0 Å². The summed E-state index contributed by atoms with van der Waals surface area (Å²) < 4.78 is 13.2. The second-order valence-electron chi connectivity index (χ2n) is 6.85. The van der Waals surface area contributed by atoms with E-state index in [1.165, 1.54) is 16.8 Å². The number of aromatic amines is 1. The third-order valence-corrected chi connectivity index (χ3v) is 5.06. The molecule has 1 N–H and O–H groups in total. The predicted molar refractivity (Wildman–Crippen MR) is 113 cm³/mol. The fraction of sp³-hybridized carbons (Fsp3) is 0.391. The fourth-order valence-corrected chi connectivity index (χ4v) is 3.68. The number of hydrogen-bond acceptors (Lipinski definition) is 2. The maximum Gasteiger partial charge on any atom is 0.0674 e. The Bertz CT molecular complexity index is 924. The lowest BCUT2D eigenvalue weighted by atomic mass is 10.1. The first-order valence-corrected chi connectivity index (χ1v) is 9.67. The molecule has 0 radical (unpaired) electrons. The van der Waals surface area contributed by atoms with Crippen molar-refractivity contribution in [1.82, 2.24) is 9.55 Å². The van der Waals surface area contributed by atoms with Crippen LogP contribution in [0.1, 0.15) is 37.6 Å². The molecule has 1 fully saturated rings. The van der Waals surface area contributed by atoms with Gasteiger partial charge in [0, 0.05) is 42.2 Å². The zero-order valence-corrected chi connectivity index (χ0v) is 16.6. The molecule has 4 nitrogen and oxygen atoms in total. The molecule has 1 unspecified atom stereocenters. The Morgan fingerprint density at radius 2 is 2.30 bits per heavy atom. The molecular weight excluding hydrogens is 336 g/mol. The van der Waals surface area contributed by atoms with Crippen LogP contribution in [0, 0.1) is 0 Å². The van der Waals surface area contributed by atoms with Gasteiger partial charge in [0.15, 0.2) is 0 Å². The Kier molecular flexibility index (Phi) is 6.54. The zero-order chi connectivity index (χ0) is 19.2. The summed E-state index contributed by atoms with van der Waals surface area (Å²) in [5.74, 6) is 0. The van der Waals surface area contributed by atoms with Crippen LogP contribution in [-0.4, -0.2) is 36.5 Å². The zero-order valence-electron chi connectivity index (χ0n) is 16.6. The quantitative estimate of drug-likeness (QED) is 0.815. The van der Waals surface area contributed by atoms with Gasteiger partial charge in [0.25, 0.3) is 0 Å². The van der Waals surface area contributed by atoms with Crippen molar-refractivity contribution in [2.24, 2.45) is 0 Å². The topological polar surface area (TPSA) is 39.2 Å². The number of hydrogen-bond donors (Lipinski definition) is 1. The molecule has 0 saturated carbocycles. The lowest BCUT2D eigenvalue weighted by molar-refractivity contribution is 0.186. The maximum atomic E-state index is 5.65. The number of allylic oxidation sites excluding steroid dienone is 2. The molecule has 0 bridgehead atoms. The number of aromatic nitrogens is 2. The minimum absolute atomic E-state index is 0.384. The molecule has 4 heteroatoms. The van der Waals surface area contributed by atoms with Crippen LogP contribution in [0.2, 0.25) is 0 Å². The van der Waals surface area contributed by atoms with Crippen molar-refractivity contribution in [1.29, 1.82) is 0 Å². The monoisotopic (exact) mass is 366 g/mol. The molecule has 0 aliphatic carbocycles. The Morgan fingerprint density at radius 1 is 1.44 bits per heavy atom. The molecule has 1 saturated heterocycles. The summed E-state index contributed by atoms with van der Waals surface area (Å²) in [6.45, 7) is 10.6. The highest BCUT2D eigenvalue weighted by Gasteiger charge is 2.23. The molecule has 27 heavy (non-hydrogen) atoms. The summed E-state index contributed by atoms with van der Waals surface area (Å²) in [4.78, 5) is 3.47. The van der Waals surface area contributed by atoms with E-state index >= 15 is 0 Å². The van der Waals surface area contributed by atoms with E-state index in [-0.39, 0.29) is 0 Å². The van der Waals surface area contributed by atoms with Crippen LogP contribution in [-0.2, 0) is 15.9 Å². The fourth-order valence-electron chi connectivity index (χ4n) is 3.68. The third-order valence-electron chi connectivity index (χ3n) is 5.06. The second-order valence-corrected chi connectivity index (χ2v) is 6.85. The van der Waals surface area contributed by atoms with Gasteiger partial charge >= 0.3 is 0 Å². The summed E-state index contributed by atoms with van der Waals surface area (Å²) in [5.41, 5.74) is 4.95. The van der Waals surface area contributed by atoms with Gasteiger partial charge in [-0.15, -0.1) is 0 Å². The summed E-state index contributed by atoms with van der Waals surface area (Å²) in [6.07, 6.45) is 14.7. The Labute approximate surface area is 161 Å². The smallest absolute Gasteiger partial charge is 0.0674 e. The van der Waals surface area contributed by atoms with Crippen LogP contribution >= 0.6 is 0 Å². The van der Waals surface area contributed by atoms with Gasteiger partial charge in [0.05, 0.1) is 19.3 Å². The number of rotatable bonds is 7. The van der Waals surface area contributed by atoms with Crippen LogP contribution < -0.4 is 10.6 Å². The van der Waals surface area contributed by atoms with Gasteiger partial charge < -0.3 is 19.0 Å². The number of methoxy groups -OCH3 is 1. The Hall–Kier alpha value is -2.30. The first-order chi connectivity index (χ1) is 13.2. The highest BCUT2D eigenvalue weighted by Crippen LogP contribution is 2.32. The van der Waals surface area contributed by atoms with Gasteiger partial charge in [-0.1, -0.05) is 37.8 Å². The normalized spacial score (nSPS) is 18.5. The molecule has 0 spiro atoms. The average molecular weight is 367 g/mol. The third kappa shape index (κ3) is 4.18. The summed E-state index contributed by atoms with van der Waals surface area (Å²) in [7, 11) is 1.72. The molecule has 144 valence electrons. The standard InChI is InChI=1S/C23H30N2O2/c1-5-7-9-18-14-22(24-17(18)3)21-15-25(19-11-13-27-16-19)23(20(21)6-2)10-8-12-26-4/h5,7-10,14-15,19,24H,3,6,11-13,16H2,1-2,4H3/b7-5-,10-8-,18-9-. The van der Waals surface area contributed by atoms with Crippen molar-refractivity contribution < 1.29 is 9.47 Å². The van der Waals surface area contributed by atoms with E-state index in [1.54, 1.807) is 7.11 Å². The van der Waals surface area contributed by atoms with Crippen molar-refractivity contribution in [3.8, 4) is 11.3 Å². The summed E-state index contributed by atoms with van der Waals surface area (Å²) in [5, 5.41) is 2.07. The van der Waals surface area contributed by atoms with Crippen LogP contribution in [0.25, 0.3) is 30.0 Å². The van der Waals surface area contributed by atoms with Gasteiger partial charge in [-0.25, -0.2) is 0 Å². The summed E-state index contributed by atoms with van der Waals surface area (Å²) in [6, 6.07) is 2.57. The highest BCUT2D eigenvalue weighted by atomic mass is 16.5. The predicted octanol–water partition coefficient (Wildman–Crippen LogP) is 3.43. The van der Waals surface area contributed by atoms with Crippen molar-refractivity contribution >= 4 is 18.7 Å². The van der Waals surface area contributed by atoms with Crippen LogP contribution in [0.3, 0.4) is 0 Å². The van der Waals surface area contributed by atoms with Gasteiger partial charge in [-0.3, -0.25) is 0 Å². The highest BCUT2D eigenvalue weighted by molar-refractivity contribution is 5.71. The lowest BCUT2D eigenvalue weighted by Gasteiger charge is -2.13. The van der Waals surface area contributed by atoms with Gasteiger partial charge in [-0.05, 0) is 42.7 Å². The number of H-pyrrole nitrogens is 1. The van der Waals surface area contributed by atoms with E-state index in [0.717, 1.165) is 42.3 Å². The molecule has 2 aromatic heterocycles. The number of nitrogens with one attached hydrogen (secondary N) is 1. The van der Waals surface area contributed by atoms with Gasteiger partial charge in [0.2, 0.25) is 0 Å². The van der Waals surface area contributed by atoms with Gasteiger partial charge in [-0.2, -0.15) is 0 Å². The Morgan fingerprint density at radius 3 is 2.96 bits per heavy atom. The molecule has 0 aromatic carbocycles. The largest absolute Gasteiger partial charge is 0.381 e. The van der Waals surface area contributed by atoms with E-state index in [9.17, 15) is 0 Å². The first-order valence-electron chi connectivity index (χ1n) is 9.67. The minimum atomic E-state index is 0.384. The van der Waals surface area contributed by atoms with Crippen molar-refractivity contribution in [3.63, 3.8) is 0 Å². The maximum absolute atomic E-state index is 5.65. The average Bonchev–Trinajstić information content (AvgIpc) is 3.38. The molecule has 1 aliphatic heterocycles. The molecule has 1 atom stereocenters. The first kappa shape index (κ1) is 19.5. The van der Waals surface area contributed by atoms with E-state index in [0.29, 0.717) is 12.6 Å². The van der Waals surface area contributed by atoms with Crippen molar-refractivity contribution in [2.45, 2.75) is 32.7 Å². The molecule has 3 heterocycles. The number of ether oxygens (including phenoxy) is 2. The lowest BCUT2D eigenvalue weighted by Crippen LogP contribution is -2.19. The van der Waals surface area contributed by atoms with Crippen LogP contribution in [0.4, 0.5) is 0 Å². The van der Waals surface area contributed by atoms with E-state index < -0.39 is 0 Å². The molecule has 1 aliphatic rings. The van der Waals surface area contributed by atoms with Gasteiger partial charge in [0.1, 0.15) is 0 Å². The molecule has 2 aromatic rings. The second kappa shape index (κ2) is 9.07. The Balaban J connectivity index is 2.12. The van der Waals surface area contributed by atoms with E-state index in [2.05, 4.69) is 53.5 Å². The van der Waals surface area contributed by atoms with Crippen molar-refractivity contribution in [2.75, 3.05) is 26.9 Å². The van der Waals surface area contributed by atoms with Crippen LogP contribution in [0.15, 0.2) is 30.5 Å². The minimum Gasteiger partial charge on any atom is -0.381 e. The number of nitrogens with zero attached hydrogens (tertiary/aromatic N) is 1. The molecular formula is C23H30N2O2. The molecule has 3 rings (SSSR count). The van der Waals surface area contributed by atoms with Crippen molar-refractivity contribution in [3.05, 3.63) is 52.3 Å². The van der Waals surface area contributed by atoms with E-state index in [4.69, 9.17) is 9.47 Å².